The van der Waals surface area contributed by atoms with Gasteiger partial charge in [-0.05, 0) is 18.2 Å². The second-order valence-electron chi connectivity index (χ2n) is 3.69. The van der Waals surface area contributed by atoms with Crippen LogP contribution in [0, 0.1) is 0 Å². The molecule has 0 aliphatic carbocycles. The maximum Gasteiger partial charge on any atom is 0.251 e. The van der Waals surface area contributed by atoms with Crippen molar-refractivity contribution in [2.75, 3.05) is 6.54 Å². The molecule has 5 heteroatoms. The number of amides is 2. The third-order valence-electron chi connectivity index (χ3n) is 2.40. The van der Waals surface area contributed by atoms with Crippen LogP contribution in [0.25, 0.3) is 0 Å². The lowest BCUT2D eigenvalue weighted by Gasteiger charge is -2.10. The summed E-state index contributed by atoms with van der Waals surface area (Å²) < 4.78 is 0.862. The molecule has 1 saturated heterocycles. The topological polar surface area (TPSA) is 58.2 Å². The lowest BCUT2D eigenvalue weighted by molar-refractivity contribution is -0.119. The molecule has 4 nitrogen and oxygen atoms in total. The van der Waals surface area contributed by atoms with Crippen LogP contribution in [-0.2, 0) is 4.79 Å². The van der Waals surface area contributed by atoms with Crippen molar-refractivity contribution in [2.24, 2.45) is 0 Å². The first kappa shape index (κ1) is 11.1. The highest BCUT2D eigenvalue weighted by Gasteiger charge is 2.23. The molecular weight excluding hydrogens is 272 g/mol. The largest absolute Gasteiger partial charge is 0.354 e. The van der Waals surface area contributed by atoms with E-state index >= 15 is 0 Å². The Labute approximate surface area is 102 Å². The number of benzene rings is 1. The summed E-state index contributed by atoms with van der Waals surface area (Å²) in [7, 11) is 0. The second kappa shape index (κ2) is 4.65. The zero-order chi connectivity index (χ0) is 11.5. The van der Waals surface area contributed by atoms with Gasteiger partial charge in [0.05, 0.1) is 6.04 Å². The summed E-state index contributed by atoms with van der Waals surface area (Å²) in [6.07, 6.45) is 0.361. The minimum absolute atomic E-state index is 0.0143. The van der Waals surface area contributed by atoms with Gasteiger partial charge in [0.2, 0.25) is 5.91 Å². The normalized spacial score (nSPS) is 19.3. The van der Waals surface area contributed by atoms with E-state index in [1.807, 2.05) is 6.07 Å². The lowest BCUT2D eigenvalue weighted by Crippen LogP contribution is -2.36. The van der Waals surface area contributed by atoms with Crippen LogP contribution in [0.2, 0.25) is 0 Å². The minimum Gasteiger partial charge on any atom is -0.354 e. The van der Waals surface area contributed by atoms with Crippen LogP contribution in [0.5, 0.6) is 0 Å². The Balaban J connectivity index is 2.00. The first-order valence-electron chi connectivity index (χ1n) is 4.98. The standard InChI is InChI=1S/C11H11BrN2O2/c12-8-3-1-2-7(4-8)11(16)14-9-5-10(15)13-6-9/h1-4,9H,5-6H2,(H,13,15)(H,14,16)/t9-/m0/s1. The van der Waals surface area contributed by atoms with E-state index in [0.29, 0.717) is 18.5 Å². The predicted molar refractivity (Wildman–Crippen MR) is 63.0 cm³/mol. The van der Waals surface area contributed by atoms with Gasteiger partial charge in [-0.3, -0.25) is 9.59 Å². The molecular formula is C11H11BrN2O2. The first-order chi connectivity index (χ1) is 7.65. The third kappa shape index (κ3) is 2.61. The molecule has 1 aromatic carbocycles. The molecule has 1 aromatic rings. The molecule has 84 valence electrons. The molecule has 1 heterocycles. The van der Waals surface area contributed by atoms with Crippen molar-refractivity contribution >= 4 is 27.7 Å². The second-order valence-corrected chi connectivity index (χ2v) is 4.60. The number of carbonyl (C=O) groups is 2. The zero-order valence-corrected chi connectivity index (χ0v) is 10.1. The van der Waals surface area contributed by atoms with Gasteiger partial charge in [0.25, 0.3) is 5.91 Å². The zero-order valence-electron chi connectivity index (χ0n) is 8.50. The molecule has 16 heavy (non-hydrogen) atoms. The van der Waals surface area contributed by atoms with E-state index in [1.165, 1.54) is 0 Å². The number of hydrogen-bond acceptors (Lipinski definition) is 2. The van der Waals surface area contributed by atoms with Crippen LogP contribution in [0.3, 0.4) is 0 Å². The fourth-order valence-electron chi connectivity index (χ4n) is 1.61. The van der Waals surface area contributed by atoms with Crippen LogP contribution in [-0.4, -0.2) is 24.4 Å². The Morgan fingerprint density at radius 3 is 2.94 bits per heavy atom. The van der Waals surface area contributed by atoms with Crippen molar-refractivity contribution in [2.45, 2.75) is 12.5 Å². The molecule has 0 radical (unpaired) electrons. The van der Waals surface area contributed by atoms with E-state index in [-0.39, 0.29) is 17.9 Å². The highest BCUT2D eigenvalue weighted by Crippen LogP contribution is 2.12. The van der Waals surface area contributed by atoms with Gasteiger partial charge in [-0.15, -0.1) is 0 Å². The maximum absolute atomic E-state index is 11.8. The monoisotopic (exact) mass is 282 g/mol. The summed E-state index contributed by atoms with van der Waals surface area (Å²) in [5.41, 5.74) is 0.591. The van der Waals surface area contributed by atoms with E-state index in [9.17, 15) is 9.59 Å². The molecule has 0 unspecified atom stereocenters. The Hall–Kier alpha value is -1.36. The average Bonchev–Trinajstić information content (AvgIpc) is 2.64. The molecule has 0 spiro atoms. The summed E-state index contributed by atoms with van der Waals surface area (Å²) in [4.78, 5) is 22.7. The molecule has 2 N–H and O–H groups in total. The van der Waals surface area contributed by atoms with Gasteiger partial charge in [-0.2, -0.15) is 0 Å². The molecule has 0 bridgehead atoms. The number of nitrogens with one attached hydrogen (secondary N) is 2. The average molecular weight is 283 g/mol. The number of halogens is 1. The Bertz CT molecular complexity index is 434. The molecule has 0 saturated carbocycles. The fraction of sp³-hybridized carbons (Fsp3) is 0.273. The van der Waals surface area contributed by atoms with Crippen molar-refractivity contribution in [1.29, 1.82) is 0 Å². The number of rotatable bonds is 2. The third-order valence-corrected chi connectivity index (χ3v) is 2.89. The molecule has 2 rings (SSSR count). The first-order valence-corrected chi connectivity index (χ1v) is 5.77. The van der Waals surface area contributed by atoms with Gasteiger partial charge < -0.3 is 10.6 Å². The van der Waals surface area contributed by atoms with Crippen LogP contribution in [0.4, 0.5) is 0 Å². The molecule has 2 amide bonds. The van der Waals surface area contributed by atoms with Gasteiger partial charge in [-0.25, -0.2) is 0 Å². The van der Waals surface area contributed by atoms with E-state index in [4.69, 9.17) is 0 Å². The Morgan fingerprint density at radius 1 is 1.50 bits per heavy atom. The minimum atomic E-state index is -0.150. The smallest absolute Gasteiger partial charge is 0.251 e. The molecule has 1 atom stereocenters. The lowest BCUT2D eigenvalue weighted by atomic mass is 10.2. The van der Waals surface area contributed by atoms with Crippen molar-refractivity contribution in [3.8, 4) is 0 Å². The van der Waals surface area contributed by atoms with Gasteiger partial charge in [0, 0.05) is 23.0 Å². The van der Waals surface area contributed by atoms with E-state index in [0.717, 1.165) is 4.47 Å². The fourth-order valence-corrected chi connectivity index (χ4v) is 2.00. The number of carbonyl (C=O) groups excluding carboxylic acids is 2. The van der Waals surface area contributed by atoms with E-state index in [1.54, 1.807) is 18.2 Å². The van der Waals surface area contributed by atoms with E-state index in [2.05, 4.69) is 26.6 Å². The summed E-state index contributed by atoms with van der Waals surface area (Å²) in [5.74, 6) is -0.164. The SMILES string of the molecule is O=C1C[C@H](NC(=O)c2cccc(Br)c2)CN1. The van der Waals surface area contributed by atoms with Crippen LogP contribution >= 0.6 is 15.9 Å². The van der Waals surface area contributed by atoms with Gasteiger partial charge in [0.15, 0.2) is 0 Å². The summed E-state index contributed by atoms with van der Waals surface area (Å²) in [6.45, 7) is 0.512. The van der Waals surface area contributed by atoms with Crippen molar-refractivity contribution in [1.82, 2.24) is 10.6 Å². The van der Waals surface area contributed by atoms with Crippen molar-refractivity contribution < 1.29 is 9.59 Å². The van der Waals surface area contributed by atoms with Crippen LogP contribution in [0.15, 0.2) is 28.7 Å². The molecule has 1 aliphatic rings. The summed E-state index contributed by atoms with van der Waals surface area (Å²) >= 11 is 3.31. The van der Waals surface area contributed by atoms with Gasteiger partial charge in [-0.1, -0.05) is 22.0 Å². The molecule has 0 aromatic heterocycles. The Morgan fingerprint density at radius 2 is 2.31 bits per heavy atom. The molecule has 1 aliphatic heterocycles. The highest BCUT2D eigenvalue weighted by atomic mass is 79.9. The van der Waals surface area contributed by atoms with Crippen molar-refractivity contribution in [3.63, 3.8) is 0 Å². The summed E-state index contributed by atoms with van der Waals surface area (Å²) in [6, 6.07) is 7.05. The predicted octanol–water partition coefficient (Wildman–Crippen LogP) is 1.07. The number of hydrogen-bond donors (Lipinski definition) is 2. The molecule has 1 fully saturated rings. The van der Waals surface area contributed by atoms with Crippen LogP contribution < -0.4 is 10.6 Å². The van der Waals surface area contributed by atoms with E-state index < -0.39 is 0 Å². The maximum atomic E-state index is 11.8. The highest BCUT2D eigenvalue weighted by molar-refractivity contribution is 9.10. The van der Waals surface area contributed by atoms with Crippen molar-refractivity contribution in [3.05, 3.63) is 34.3 Å². The quantitative estimate of drug-likeness (QED) is 0.853. The van der Waals surface area contributed by atoms with Gasteiger partial charge in [0.1, 0.15) is 0 Å². The Kier molecular flexibility index (Phi) is 3.24. The van der Waals surface area contributed by atoms with Gasteiger partial charge >= 0.3 is 0 Å². The van der Waals surface area contributed by atoms with Crippen LogP contribution in [0.1, 0.15) is 16.8 Å². The summed E-state index contributed by atoms with van der Waals surface area (Å²) in [5, 5.41) is 5.48.